The van der Waals surface area contributed by atoms with Crippen LogP contribution in [0.25, 0.3) is 0 Å². The van der Waals surface area contributed by atoms with Crippen molar-refractivity contribution in [3.8, 4) is 5.75 Å². The molecule has 0 saturated heterocycles. The largest absolute Gasteiger partial charge is 0.497 e. The van der Waals surface area contributed by atoms with Crippen molar-refractivity contribution in [2.75, 3.05) is 24.2 Å². The van der Waals surface area contributed by atoms with Crippen LogP contribution in [0.2, 0.25) is 0 Å². The van der Waals surface area contributed by atoms with E-state index in [1.165, 1.54) is 4.90 Å². The predicted molar refractivity (Wildman–Crippen MR) is 139 cm³/mol. The fourth-order valence-electron chi connectivity index (χ4n) is 3.72. The summed E-state index contributed by atoms with van der Waals surface area (Å²) < 4.78 is 31.7. The summed E-state index contributed by atoms with van der Waals surface area (Å²) in [5.74, 6) is -0.102. The lowest BCUT2D eigenvalue weighted by Crippen LogP contribution is -2.53. The summed E-state index contributed by atoms with van der Waals surface area (Å²) >= 11 is 0. The number of nitrogens with one attached hydrogen (secondary N) is 1. The molecule has 0 radical (unpaired) electrons. The van der Waals surface area contributed by atoms with Crippen LogP contribution in [0.1, 0.15) is 44.7 Å². The maximum atomic E-state index is 13.7. The van der Waals surface area contributed by atoms with Gasteiger partial charge in [0.25, 0.3) is 0 Å². The molecule has 8 nitrogen and oxygen atoms in total. The van der Waals surface area contributed by atoms with Gasteiger partial charge in [0.05, 0.1) is 19.1 Å². The van der Waals surface area contributed by atoms with Crippen molar-refractivity contribution in [1.29, 1.82) is 0 Å². The molecule has 0 aliphatic rings. The lowest BCUT2D eigenvalue weighted by molar-refractivity contribution is -0.140. The second-order valence-corrected chi connectivity index (χ2v) is 10.6. The molecule has 0 unspecified atom stereocenters. The van der Waals surface area contributed by atoms with E-state index in [-0.39, 0.29) is 18.5 Å². The van der Waals surface area contributed by atoms with E-state index in [1.54, 1.807) is 37.4 Å². The molecule has 2 atom stereocenters. The van der Waals surface area contributed by atoms with E-state index in [0.717, 1.165) is 28.1 Å². The molecule has 0 spiro atoms. The summed E-state index contributed by atoms with van der Waals surface area (Å²) in [4.78, 5) is 28.3. The average Bonchev–Trinajstić information content (AvgIpc) is 2.81. The summed E-state index contributed by atoms with van der Waals surface area (Å²) in [6.45, 7) is 7.28. The Morgan fingerprint density at radius 3 is 2.31 bits per heavy atom. The van der Waals surface area contributed by atoms with E-state index in [2.05, 4.69) is 5.32 Å². The first-order valence-corrected chi connectivity index (χ1v) is 13.6. The van der Waals surface area contributed by atoms with Crippen molar-refractivity contribution >= 4 is 27.5 Å². The zero-order valence-corrected chi connectivity index (χ0v) is 22.3. The second kappa shape index (κ2) is 12.6. The summed E-state index contributed by atoms with van der Waals surface area (Å²) in [7, 11) is -2.20. The lowest BCUT2D eigenvalue weighted by atomic mass is 10.1. The Morgan fingerprint density at radius 2 is 1.74 bits per heavy atom. The zero-order chi connectivity index (χ0) is 26.2. The Kier molecular flexibility index (Phi) is 10.1. The van der Waals surface area contributed by atoms with Crippen LogP contribution in [0.15, 0.2) is 48.5 Å². The predicted octanol–water partition coefficient (Wildman–Crippen LogP) is 3.49. The molecule has 35 heavy (non-hydrogen) atoms. The van der Waals surface area contributed by atoms with Crippen LogP contribution in [-0.2, 0) is 26.2 Å². The smallest absolute Gasteiger partial charge is 0.244 e. The molecule has 2 rings (SSSR count). The lowest BCUT2D eigenvalue weighted by Gasteiger charge is -2.33. The van der Waals surface area contributed by atoms with Crippen LogP contribution in [0.4, 0.5) is 5.69 Å². The van der Waals surface area contributed by atoms with Gasteiger partial charge in [0.15, 0.2) is 0 Å². The van der Waals surface area contributed by atoms with Crippen molar-refractivity contribution < 1.29 is 22.7 Å². The minimum absolute atomic E-state index is 0.0508. The molecule has 0 heterocycles. The Hall–Kier alpha value is -3.07. The van der Waals surface area contributed by atoms with Crippen molar-refractivity contribution in [1.82, 2.24) is 10.2 Å². The Morgan fingerprint density at radius 1 is 1.06 bits per heavy atom. The molecule has 2 aromatic carbocycles. The number of sulfonamides is 1. The van der Waals surface area contributed by atoms with Crippen LogP contribution < -0.4 is 14.4 Å². The van der Waals surface area contributed by atoms with E-state index in [1.807, 2.05) is 45.9 Å². The van der Waals surface area contributed by atoms with Crippen molar-refractivity contribution in [3.63, 3.8) is 0 Å². The summed E-state index contributed by atoms with van der Waals surface area (Å²) in [6, 6.07) is 13.4. The molecule has 0 aliphatic carbocycles. The second-order valence-electron chi connectivity index (χ2n) is 8.72. The van der Waals surface area contributed by atoms with Crippen LogP contribution in [-0.4, -0.2) is 57.1 Å². The third-order valence-corrected chi connectivity index (χ3v) is 6.98. The highest BCUT2D eigenvalue weighted by molar-refractivity contribution is 7.92. The quantitative estimate of drug-likeness (QED) is 0.478. The number of ether oxygens (including phenoxy) is 1. The summed E-state index contributed by atoms with van der Waals surface area (Å²) in [6.07, 6.45) is 2.20. The van der Waals surface area contributed by atoms with Crippen LogP contribution >= 0.6 is 0 Å². The summed E-state index contributed by atoms with van der Waals surface area (Å²) in [5, 5.41) is 2.96. The standard InChI is InChI=1S/C26H37N3O5S/c1-7-20(4)27-26(31)24(8-2)28(17-21-12-10-14-23(16-21)34-5)25(30)18-29(35(6,32)33)22-13-9-11-19(3)15-22/h9-16,20,24H,7-8,17-18H2,1-6H3,(H,27,31)/t20-,24+/m1/s1. The Balaban J connectivity index is 2.45. The molecule has 0 aliphatic heterocycles. The minimum atomic E-state index is -3.76. The first-order valence-electron chi connectivity index (χ1n) is 11.8. The Bertz CT molecular complexity index is 1120. The Labute approximate surface area is 209 Å². The average molecular weight is 504 g/mol. The number of carbonyl (C=O) groups excluding carboxylic acids is 2. The maximum absolute atomic E-state index is 13.7. The van der Waals surface area contributed by atoms with Gasteiger partial charge in [0, 0.05) is 12.6 Å². The van der Waals surface area contributed by atoms with E-state index in [9.17, 15) is 18.0 Å². The van der Waals surface area contributed by atoms with Gasteiger partial charge < -0.3 is 15.0 Å². The maximum Gasteiger partial charge on any atom is 0.244 e. The van der Waals surface area contributed by atoms with Crippen molar-refractivity contribution in [2.45, 2.75) is 59.2 Å². The minimum Gasteiger partial charge on any atom is -0.497 e. The third kappa shape index (κ3) is 7.99. The fraction of sp³-hybridized carbons (Fsp3) is 0.462. The number of amides is 2. The van der Waals surface area contributed by atoms with Gasteiger partial charge in [-0.25, -0.2) is 8.42 Å². The van der Waals surface area contributed by atoms with E-state index < -0.39 is 28.5 Å². The van der Waals surface area contributed by atoms with E-state index in [4.69, 9.17) is 4.74 Å². The molecular formula is C26H37N3O5S. The number of carbonyl (C=O) groups is 2. The summed E-state index contributed by atoms with van der Waals surface area (Å²) in [5.41, 5.74) is 2.05. The van der Waals surface area contributed by atoms with E-state index in [0.29, 0.717) is 17.9 Å². The topological polar surface area (TPSA) is 96.0 Å². The van der Waals surface area contributed by atoms with Gasteiger partial charge in [-0.3, -0.25) is 13.9 Å². The number of hydrogen-bond acceptors (Lipinski definition) is 5. The first-order chi connectivity index (χ1) is 16.5. The molecule has 2 amide bonds. The molecule has 0 fully saturated rings. The molecule has 2 aromatic rings. The number of nitrogens with zero attached hydrogens (tertiary/aromatic N) is 2. The van der Waals surface area contributed by atoms with Gasteiger partial charge in [-0.15, -0.1) is 0 Å². The highest BCUT2D eigenvalue weighted by atomic mass is 32.2. The van der Waals surface area contributed by atoms with Crippen LogP contribution in [0, 0.1) is 6.92 Å². The first kappa shape index (κ1) is 28.2. The number of anilines is 1. The fourth-order valence-corrected chi connectivity index (χ4v) is 4.57. The SMILES string of the molecule is CC[C@@H](C)NC(=O)[C@H](CC)N(Cc1cccc(OC)c1)C(=O)CN(c1cccc(C)c1)S(C)(=O)=O. The van der Waals surface area contributed by atoms with Crippen LogP contribution in [0.3, 0.4) is 0 Å². The number of hydrogen-bond donors (Lipinski definition) is 1. The van der Waals surface area contributed by atoms with Gasteiger partial charge in [0.1, 0.15) is 18.3 Å². The third-order valence-electron chi connectivity index (χ3n) is 5.84. The molecule has 0 bridgehead atoms. The normalized spacial score (nSPS) is 13.0. The van der Waals surface area contributed by atoms with Crippen LogP contribution in [0.5, 0.6) is 5.75 Å². The van der Waals surface area contributed by atoms with Crippen molar-refractivity contribution in [2.24, 2.45) is 0 Å². The van der Waals surface area contributed by atoms with Gasteiger partial charge in [0.2, 0.25) is 21.8 Å². The number of aryl methyl sites for hydroxylation is 1. The number of rotatable bonds is 12. The van der Waals surface area contributed by atoms with Gasteiger partial charge in [-0.1, -0.05) is 38.1 Å². The van der Waals surface area contributed by atoms with Gasteiger partial charge in [-0.2, -0.15) is 0 Å². The molecular weight excluding hydrogens is 466 g/mol. The van der Waals surface area contributed by atoms with Crippen molar-refractivity contribution in [3.05, 3.63) is 59.7 Å². The molecule has 9 heteroatoms. The molecule has 0 aromatic heterocycles. The molecule has 1 N–H and O–H groups in total. The van der Waals surface area contributed by atoms with E-state index >= 15 is 0 Å². The highest BCUT2D eigenvalue weighted by Crippen LogP contribution is 2.22. The molecule has 0 saturated carbocycles. The van der Waals surface area contributed by atoms with Gasteiger partial charge >= 0.3 is 0 Å². The monoisotopic (exact) mass is 503 g/mol. The number of benzene rings is 2. The molecule has 192 valence electrons. The number of methoxy groups -OCH3 is 1. The zero-order valence-electron chi connectivity index (χ0n) is 21.4. The van der Waals surface area contributed by atoms with Gasteiger partial charge in [-0.05, 0) is 62.1 Å². The highest BCUT2D eigenvalue weighted by Gasteiger charge is 2.32.